The maximum Gasteiger partial charge on any atom is 0.320 e. The van der Waals surface area contributed by atoms with Crippen LogP contribution in [-0.2, 0) is 9.53 Å². The number of carbonyl (C=O) groups is 1. The largest absolute Gasteiger partial charge is 0.480 e. The van der Waals surface area contributed by atoms with E-state index in [1.807, 2.05) is 4.90 Å². The summed E-state index contributed by atoms with van der Waals surface area (Å²) in [6, 6.07) is -0.397. The van der Waals surface area contributed by atoms with E-state index < -0.39 is 12.0 Å². The molecule has 1 N–H and O–H groups in total. The van der Waals surface area contributed by atoms with Crippen LogP contribution in [0.1, 0.15) is 26.7 Å². The third-order valence-electron chi connectivity index (χ3n) is 2.74. The molecule has 2 unspecified atom stereocenters. The number of hydrogen-bond donors (Lipinski definition) is 1. The van der Waals surface area contributed by atoms with Crippen molar-refractivity contribution in [1.29, 1.82) is 0 Å². The molecule has 2 atom stereocenters. The fourth-order valence-electron chi connectivity index (χ4n) is 1.68. The van der Waals surface area contributed by atoms with E-state index in [4.69, 9.17) is 9.84 Å². The van der Waals surface area contributed by atoms with Crippen molar-refractivity contribution in [3.63, 3.8) is 0 Å². The van der Waals surface area contributed by atoms with Crippen LogP contribution in [0.15, 0.2) is 0 Å². The Morgan fingerprint density at radius 2 is 2.43 bits per heavy atom. The van der Waals surface area contributed by atoms with Crippen LogP contribution in [0.5, 0.6) is 0 Å². The van der Waals surface area contributed by atoms with E-state index in [9.17, 15) is 4.79 Å². The molecule has 1 fully saturated rings. The minimum atomic E-state index is -0.748. The maximum absolute atomic E-state index is 10.8. The van der Waals surface area contributed by atoms with Gasteiger partial charge in [0.2, 0.25) is 0 Å². The molecule has 4 nitrogen and oxygen atoms in total. The van der Waals surface area contributed by atoms with E-state index in [1.165, 1.54) is 0 Å². The van der Waals surface area contributed by atoms with Crippen LogP contribution in [-0.4, -0.2) is 47.8 Å². The molecule has 0 amide bonds. The summed E-state index contributed by atoms with van der Waals surface area (Å²) in [5.41, 5.74) is 0. The third kappa shape index (κ3) is 2.96. The average Bonchev–Trinajstić information content (AvgIpc) is 2.41. The lowest BCUT2D eigenvalue weighted by molar-refractivity contribution is -0.142. The van der Waals surface area contributed by atoms with Crippen molar-refractivity contribution in [2.45, 2.75) is 38.8 Å². The van der Waals surface area contributed by atoms with Crippen LogP contribution >= 0.6 is 0 Å². The van der Waals surface area contributed by atoms with Gasteiger partial charge in [0.1, 0.15) is 6.04 Å². The summed E-state index contributed by atoms with van der Waals surface area (Å²) in [5.74, 6) is -0.748. The Morgan fingerprint density at radius 3 is 3.00 bits per heavy atom. The van der Waals surface area contributed by atoms with Crippen LogP contribution in [0.25, 0.3) is 0 Å². The van der Waals surface area contributed by atoms with E-state index in [1.54, 1.807) is 6.92 Å². The highest BCUT2D eigenvalue weighted by Crippen LogP contribution is 2.11. The molecule has 0 radical (unpaired) electrons. The van der Waals surface area contributed by atoms with Gasteiger partial charge in [-0.2, -0.15) is 0 Å². The zero-order valence-corrected chi connectivity index (χ0v) is 8.90. The zero-order chi connectivity index (χ0) is 10.6. The summed E-state index contributed by atoms with van der Waals surface area (Å²) in [6.45, 7) is 6.12. The van der Waals surface area contributed by atoms with Gasteiger partial charge in [0.25, 0.3) is 0 Å². The number of carboxylic acid groups (broad SMARTS) is 1. The number of aliphatic carboxylic acids is 1. The van der Waals surface area contributed by atoms with Gasteiger partial charge in [0, 0.05) is 19.7 Å². The molecular weight excluding hydrogens is 182 g/mol. The van der Waals surface area contributed by atoms with E-state index in [0.29, 0.717) is 0 Å². The topological polar surface area (TPSA) is 49.8 Å². The third-order valence-corrected chi connectivity index (χ3v) is 2.74. The predicted molar refractivity (Wildman–Crippen MR) is 53.3 cm³/mol. The van der Waals surface area contributed by atoms with Gasteiger partial charge >= 0.3 is 5.97 Å². The van der Waals surface area contributed by atoms with E-state index >= 15 is 0 Å². The summed E-state index contributed by atoms with van der Waals surface area (Å²) < 4.78 is 5.58. The molecular formula is C10H19NO3. The fourth-order valence-corrected chi connectivity index (χ4v) is 1.68. The minimum Gasteiger partial charge on any atom is -0.480 e. The summed E-state index contributed by atoms with van der Waals surface area (Å²) in [7, 11) is 0. The lowest BCUT2D eigenvalue weighted by Crippen LogP contribution is -2.42. The second-order valence-corrected chi connectivity index (χ2v) is 3.76. The molecule has 4 heteroatoms. The highest BCUT2D eigenvalue weighted by atomic mass is 16.5. The lowest BCUT2D eigenvalue weighted by Gasteiger charge is -2.26. The van der Waals surface area contributed by atoms with Crippen molar-refractivity contribution in [3.8, 4) is 0 Å². The average molecular weight is 201 g/mol. The molecule has 0 spiro atoms. The number of nitrogens with zero attached hydrogens (tertiary/aromatic N) is 1. The molecule has 0 aromatic heterocycles. The van der Waals surface area contributed by atoms with Crippen LogP contribution in [0.3, 0.4) is 0 Å². The number of carboxylic acids is 1. The van der Waals surface area contributed by atoms with E-state index in [2.05, 4.69) is 6.92 Å². The van der Waals surface area contributed by atoms with Crippen molar-refractivity contribution in [2.24, 2.45) is 0 Å². The summed E-state index contributed by atoms with van der Waals surface area (Å²) in [6.07, 6.45) is 2.07. The smallest absolute Gasteiger partial charge is 0.320 e. The van der Waals surface area contributed by atoms with Gasteiger partial charge in [-0.25, -0.2) is 0 Å². The van der Waals surface area contributed by atoms with Gasteiger partial charge < -0.3 is 9.84 Å². The van der Waals surface area contributed by atoms with Crippen molar-refractivity contribution < 1.29 is 14.6 Å². The predicted octanol–water partition coefficient (Wildman–Crippen LogP) is 0.960. The first-order chi connectivity index (χ1) is 6.65. The lowest BCUT2D eigenvalue weighted by atomic mass is 10.2. The summed E-state index contributed by atoms with van der Waals surface area (Å²) >= 11 is 0. The molecule has 1 rings (SSSR count). The van der Waals surface area contributed by atoms with E-state index in [0.717, 1.165) is 32.5 Å². The van der Waals surface area contributed by atoms with Crippen molar-refractivity contribution in [3.05, 3.63) is 0 Å². The Balaban J connectivity index is 2.54. The Kier molecular flexibility index (Phi) is 4.35. The minimum absolute atomic E-state index is 0.194. The number of hydrogen-bond acceptors (Lipinski definition) is 3. The molecule has 14 heavy (non-hydrogen) atoms. The molecule has 1 aliphatic rings. The van der Waals surface area contributed by atoms with Crippen LogP contribution < -0.4 is 0 Å². The Hall–Kier alpha value is -0.610. The quantitative estimate of drug-likeness (QED) is 0.739. The Morgan fingerprint density at radius 1 is 1.71 bits per heavy atom. The van der Waals surface area contributed by atoms with Crippen molar-refractivity contribution >= 4 is 5.97 Å². The van der Waals surface area contributed by atoms with Gasteiger partial charge in [-0.05, 0) is 19.8 Å². The van der Waals surface area contributed by atoms with Gasteiger partial charge in [0.15, 0.2) is 0 Å². The molecule has 1 saturated heterocycles. The van der Waals surface area contributed by atoms with Crippen LogP contribution in [0.2, 0.25) is 0 Å². The molecule has 82 valence electrons. The first-order valence-electron chi connectivity index (χ1n) is 5.23. The monoisotopic (exact) mass is 201 g/mol. The fraction of sp³-hybridized carbons (Fsp3) is 0.900. The molecule has 0 saturated carbocycles. The van der Waals surface area contributed by atoms with Crippen molar-refractivity contribution in [2.75, 3.05) is 19.7 Å². The molecule has 0 aromatic carbocycles. The molecule has 0 aromatic rings. The first-order valence-corrected chi connectivity index (χ1v) is 5.23. The number of ether oxygens (including phenoxy) is 1. The maximum atomic E-state index is 10.8. The molecule has 1 heterocycles. The Labute approximate surface area is 84.8 Å². The van der Waals surface area contributed by atoms with Gasteiger partial charge in [0.05, 0.1) is 6.10 Å². The van der Waals surface area contributed by atoms with Gasteiger partial charge in [-0.3, -0.25) is 9.69 Å². The normalized spacial score (nSPS) is 26.9. The summed E-state index contributed by atoms with van der Waals surface area (Å²) in [4.78, 5) is 12.8. The SMILES string of the molecule is CCC1CN(C(C)C(=O)O)CCCO1. The standard InChI is InChI=1S/C10H19NO3/c1-3-9-7-11(5-4-6-14-9)8(2)10(12)13/h8-9H,3-7H2,1-2H3,(H,12,13). The second-order valence-electron chi connectivity index (χ2n) is 3.76. The van der Waals surface area contributed by atoms with Crippen molar-refractivity contribution in [1.82, 2.24) is 4.90 Å². The van der Waals surface area contributed by atoms with Gasteiger partial charge in [-0.1, -0.05) is 6.92 Å². The molecule has 1 aliphatic heterocycles. The zero-order valence-electron chi connectivity index (χ0n) is 8.90. The highest BCUT2D eigenvalue weighted by molar-refractivity contribution is 5.72. The molecule has 0 bridgehead atoms. The second kappa shape index (κ2) is 5.32. The number of rotatable bonds is 3. The van der Waals surface area contributed by atoms with E-state index in [-0.39, 0.29) is 6.10 Å². The van der Waals surface area contributed by atoms with Crippen LogP contribution in [0, 0.1) is 0 Å². The van der Waals surface area contributed by atoms with Crippen LogP contribution in [0.4, 0.5) is 0 Å². The summed E-state index contributed by atoms with van der Waals surface area (Å²) in [5, 5.41) is 8.90. The Bertz CT molecular complexity index is 196. The molecule has 0 aliphatic carbocycles. The van der Waals surface area contributed by atoms with Gasteiger partial charge in [-0.15, -0.1) is 0 Å². The first kappa shape index (κ1) is 11.5. The highest BCUT2D eigenvalue weighted by Gasteiger charge is 2.25.